The fourth-order valence-electron chi connectivity index (χ4n) is 2.91. The molecule has 0 aliphatic rings. The fourth-order valence-corrected chi connectivity index (χ4v) is 3.44. The van der Waals surface area contributed by atoms with Gasteiger partial charge in [-0.25, -0.2) is 0 Å². The number of hydrogen-bond donors (Lipinski definition) is 0. The molecule has 0 saturated heterocycles. The van der Waals surface area contributed by atoms with Crippen LogP contribution in [-0.2, 0) is 0 Å². The second kappa shape index (κ2) is 11.4. The van der Waals surface area contributed by atoms with Crippen molar-refractivity contribution < 1.29 is 19.1 Å². The number of allylic oxidation sites excluding steroid dienone is 1. The Morgan fingerprint density at radius 3 is 2.39 bits per heavy atom. The van der Waals surface area contributed by atoms with Gasteiger partial charge >= 0.3 is 0 Å². The molecule has 0 bridgehead atoms. The first kappa shape index (κ1) is 24.1. The topological polar surface area (TPSA) is 94.6 Å². The van der Waals surface area contributed by atoms with E-state index in [1.807, 2.05) is 24.3 Å². The molecule has 0 unspecified atom stereocenters. The summed E-state index contributed by atoms with van der Waals surface area (Å²) in [7, 11) is 1.49. The van der Waals surface area contributed by atoms with Crippen molar-refractivity contribution in [1.29, 1.82) is 5.26 Å². The fraction of sp³-hybridized carbons (Fsp3) is 0.125. The molecule has 0 aliphatic heterocycles. The van der Waals surface area contributed by atoms with E-state index in [1.165, 1.54) is 31.4 Å². The summed E-state index contributed by atoms with van der Waals surface area (Å²) in [6.07, 6.45) is 1.62. The van der Waals surface area contributed by atoms with Gasteiger partial charge in [-0.3, -0.25) is 10.1 Å². The van der Waals surface area contributed by atoms with Gasteiger partial charge in [0.25, 0.3) is 5.69 Å². The van der Waals surface area contributed by atoms with Crippen LogP contribution in [-0.4, -0.2) is 25.2 Å². The molecule has 0 amide bonds. The van der Waals surface area contributed by atoms with E-state index >= 15 is 0 Å². The van der Waals surface area contributed by atoms with Crippen LogP contribution in [0.2, 0.25) is 5.02 Å². The van der Waals surface area contributed by atoms with Gasteiger partial charge in [-0.05, 0) is 65.7 Å². The maximum atomic E-state index is 10.8. The number of halogens is 2. The van der Waals surface area contributed by atoms with Crippen LogP contribution in [0, 0.1) is 21.4 Å². The van der Waals surface area contributed by atoms with Gasteiger partial charge in [0.05, 0.1) is 28.7 Å². The third kappa shape index (κ3) is 6.48. The molecule has 0 atom stereocenters. The third-order valence-electron chi connectivity index (χ3n) is 4.48. The lowest BCUT2D eigenvalue weighted by atomic mass is 10.0. The highest BCUT2D eigenvalue weighted by atomic mass is 79.9. The van der Waals surface area contributed by atoms with Crippen molar-refractivity contribution in [3.05, 3.63) is 91.4 Å². The minimum Gasteiger partial charge on any atom is -0.493 e. The van der Waals surface area contributed by atoms with Gasteiger partial charge in [0.2, 0.25) is 0 Å². The summed E-state index contributed by atoms with van der Waals surface area (Å²) in [5.74, 6) is 1.48. The van der Waals surface area contributed by atoms with E-state index in [1.54, 1.807) is 18.2 Å². The number of hydrogen-bond acceptors (Lipinski definition) is 6. The van der Waals surface area contributed by atoms with Crippen LogP contribution >= 0.6 is 27.5 Å². The number of methoxy groups -OCH3 is 1. The monoisotopic (exact) mass is 528 g/mol. The Morgan fingerprint density at radius 2 is 1.79 bits per heavy atom. The van der Waals surface area contributed by atoms with Crippen LogP contribution in [0.1, 0.15) is 11.1 Å². The average molecular weight is 530 g/mol. The number of nitrogens with zero attached hydrogens (tertiary/aromatic N) is 2. The van der Waals surface area contributed by atoms with Crippen molar-refractivity contribution in [3.63, 3.8) is 0 Å². The smallest absolute Gasteiger partial charge is 0.269 e. The molecule has 0 fully saturated rings. The molecule has 168 valence electrons. The van der Waals surface area contributed by atoms with E-state index in [9.17, 15) is 15.4 Å². The molecule has 7 nitrogen and oxygen atoms in total. The van der Waals surface area contributed by atoms with Crippen molar-refractivity contribution in [2.24, 2.45) is 0 Å². The Morgan fingerprint density at radius 1 is 1.12 bits per heavy atom. The molecule has 0 N–H and O–H groups in total. The summed E-state index contributed by atoms with van der Waals surface area (Å²) >= 11 is 9.79. The number of non-ortho nitro benzene ring substituents is 1. The van der Waals surface area contributed by atoms with Gasteiger partial charge in [-0.15, -0.1) is 0 Å². The molecule has 0 saturated carbocycles. The highest BCUT2D eigenvalue weighted by Gasteiger charge is 2.13. The third-order valence-corrected chi connectivity index (χ3v) is 5.29. The first-order valence-corrected chi connectivity index (χ1v) is 10.8. The molecule has 9 heteroatoms. The molecule has 0 aliphatic carbocycles. The Labute approximate surface area is 204 Å². The summed E-state index contributed by atoms with van der Waals surface area (Å²) in [5, 5.41) is 20.7. The minimum atomic E-state index is -0.493. The van der Waals surface area contributed by atoms with Crippen LogP contribution < -0.4 is 14.2 Å². The van der Waals surface area contributed by atoms with E-state index in [2.05, 4.69) is 22.0 Å². The van der Waals surface area contributed by atoms with Gasteiger partial charge in [-0.1, -0.05) is 27.5 Å². The summed E-state index contributed by atoms with van der Waals surface area (Å²) in [4.78, 5) is 10.3. The predicted molar refractivity (Wildman–Crippen MR) is 130 cm³/mol. The second-order valence-corrected chi connectivity index (χ2v) is 7.98. The highest BCUT2D eigenvalue weighted by Crippen LogP contribution is 2.37. The van der Waals surface area contributed by atoms with E-state index in [-0.39, 0.29) is 12.3 Å². The number of nitro groups is 1. The molecule has 33 heavy (non-hydrogen) atoms. The van der Waals surface area contributed by atoms with Gasteiger partial charge in [-0.2, -0.15) is 5.26 Å². The molecular weight excluding hydrogens is 512 g/mol. The maximum Gasteiger partial charge on any atom is 0.269 e. The average Bonchev–Trinajstić information content (AvgIpc) is 2.82. The second-order valence-electron chi connectivity index (χ2n) is 6.66. The lowest BCUT2D eigenvalue weighted by molar-refractivity contribution is -0.384. The predicted octanol–water partition coefficient (Wildman–Crippen LogP) is 6.54. The van der Waals surface area contributed by atoms with Crippen LogP contribution in [0.15, 0.2) is 65.1 Å². The Balaban J connectivity index is 1.73. The van der Waals surface area contributed by atoms with E-state index in [4.69, 9.17) is 25.8 Å². The Kier molecular flexibility index (Phi) is 8.30. The van der Waals surface area contributed by atoms with Crippen molar-refractivity contribution in [3.8, 4) is 23.3 Å². The Bertz CT molecular complexity index is 1210. The van der Waals surface area contributed by atoms with Gasteiger partial charge < -0.3 is 14.2 Å². The zero-order valence-corrected chi connectivity index (χ0v) is 19.8. The number of benzene rings is 3. The van der Waals surface area contributed by atoms with Gasteiger partial charge in [0.1, 0.15) is 19.0 Å². The molecule has 0 radical (unpaired) electrons. The van der Waals surface area contributed by atoms with Crippen LogP contribution in [0.25, 0.3) is 11.6 Å². The quantitative estimate of drug-likeness (QED) is 0.103. The summed E-state index contributed by atoms with van der Waals surface area (Å²) < 4.78 is 17.8. The van der Waals surface area contributed by atoms with E-state index < -0.39 is 4.92 Å². The molecule has 0 spiro atoms. The minimum absolute atomic E-state index is 0.0497. The molecule has 3 aromatic rings. The van der Waals surface area contributed by atoms with Crippen molar-refractivity contribution >= 4 is 44.9 Å². The zero-order chi connectivity index (χ0) is 23.8. The lowest BCUT2D eigenvalue weighted by Crippen LogP contribution is -2.10. The molecular formula is C24H18BrClN2O5. The van der Waals surface area contributed by atoms with Crippen molar-refractivity contribution in [2.45, 2.75) is 0 Å². The van der Waals surface area contributed by atoms with Crippen LogP contribution in [0.3, 0.4) is 0 Å². The van der Waals surface area contributed by atoms with Crippen LogP contribution in [0.4, 0.5) is 5.69 Å². The van der Waals surface area contributed by atoms with Gasteiger partial charge in [0, 0.05) is 16.6 Å². The van der Waals surface area contributed by atoms with Crippen molar-refractivity contribution in [2.75, 3.05) is 20.3 Å². The first-order chi connectivity index (χ1) is 15.9. The molecule has 3 aromatic carbocycles. The lowest BCUT2D eigenvalue weighted by Gasteiger charge is -2.14. The molecule has 0 aromatic heterocycles. The van der Waals surface area contributed by atoms with E-state index in [0.717, 1.165) is 10.2 Å². The van der Waals surface area contributed by atoms with E-state index in [0.29, 0.717) is 39.8 Å². The van der Waals surface area contributed by atoms with Crippen LogP contribution in [0.5, 0.6) is 17.2 Å². The molecule has 0 heterocycles. The number of nitriles is 1. The number of nitro benzene ring substituents is 1. The number of ether oxygens (including phenoxy) is 3. The number of rotatable bonds is 9. The zero-order valence-electron chi connectivity index (χ0n) is 17.5. The van der Waals surface area contributed by atoms with Crippen molar-refractivity contribution in [1.82, 2.24) is 0 Å². The summed E-state index contributed by atoms with van der Waals surface area (Å²) in [6, 6.07) is 18.6. The first-order valence-electron chi connectivity index (χ1n) is 9.66. The summed E-state index contributed by atoms with van der Waals surface area (Å²) in [6.45, 7) is 0.551. The molecule has 3 rings (SSSR count). The Hall–Kier alpha value is -3.54. The maximum absolute atomic E-state index is 10.8. The van der Waals surface area contributed by atoms with Gasteiger partial charge in [0.15, 0.2) is 11.5 Å². The normalized spacial score (nSPS) is 10.9. The summed E-state index contributed by atoms with van der Waals surface area (Å²) in [5.41, 5.74) is 1.43. The highest BCUT2D eigenvalue weighted by molar-refractivity contribution is 9.10. The largest absolute Gasteiger partial charge is 0.493 e. The standard InChI is InChI=1S/C24H18BrClN2O5/c1-31-23-14-16(12-18(15-27)17-2-6-20(7-3-17)28(29)30)13-22(26)24(23)33-11-10-32-21-8-4-19(25)5-9-21/h2-9,12-14H,10-11H2,1H3/b18-12-. The SMILES string of the molecule is COc1cc(/C=C(/C#N)c2ccc([N+](=O)[O-])cc2)cc(Cl)c1OCCOc1ccc(Br)cc1.